The molecule has 110 valence electrons. The molecule has 0 amide bonds. The highest BCUT2D eigenvalue weighted by Gasteiger charge is 2.13. The number of anilines is 2. The maximum absolute atomic E-state index is 10.8. The molecule has 21 heavy (non-hydrogen) atoms. The highest BCUT2D eigenvalue weighted by Crippen LogP contribution is 2.28. The van der Waals surface area contributed by atoms with E-state index in [-0.39, 0.29) is 11.4 Å². The Bertz CT molecular complexity index is 658. The van der Waals surface area contributed by atoms with Crippen LogP contribution in [0.5, 0.6) is 5.75 Å². The van der Waals surface area contributed by atoms with Crippen LogP contribution >= 0.6 is 0 Å². The second-order valence-corrected chi connectivity index (χ2v) is 4.67. The molecule has 0 aliphatic carbocycles. The van der Waals surface area contributed by atoms with Crippen LogP contribution in [-0.4, -0.2) is 19.1 Å². The topological polar surface area (TPSA) is 81.6 Å². The molecule has 2 N–H and O–H groups in total. The van der Waals surface area contributed by atoms with Crippen LogP contribution in [0.3, 0.4) is 0 Å². The van der Waals surface area contributed by atoms with Crippen molar-refractivity contribution in [3.8, 4) is 5.75 Å². The van der Waals surface area contributed by atoms with Gasteiger partial charge in [0, 0.05) is 30.9 Å². The summed E-state index contributed by atoms with van der Waals surface area (Å²) < 4.78 is 5.32. The lowest BCUT2D eigenvalue weighted by Gasteiger charge is -2.21. The zero-order valence-electron chi connectivity index (χ0n) is 11.9. The van der Waals surface area contributed by atoms with Crippen molar-refractivity contribution in [1.29, 1.82) is 0 Å². The van der Waals surface area contributed by atoms with Crippen LogP contribution < -0.4 is 15.4 Å². The third-order valence-electron chi connectivity index (χ3n) is 3.25. The van der Waals surface area contributed by atoms with Gasteiger partial charge in [0.05, 0.1) is 12.0 Å². The van der Waals surface area contributed by atoms with Gasteiger partial charge >= 0.3 is 0 Å². The lowest BCUT2D eigenvalue weighted by Crippen LogP contribution is -2.17. The summed E-state index contributed by atoms with van der Waals surface area (Å²) in [5.41, 5.74) is 7.63. The van der Waals surface area contributed by atoms with Gasteiger partial charge in [0.1, 0.15) is 11.4 Å². The Morgan fingerprint density at radius 1 is 1.29 bits per heavy atom. The molecular formula is C15H17N3O3. The molecule has 6 nitrogen and oxygen atoms in total. The molecule has 2 aromatic rings. The van der Waals surface area contributed by atoms with E-state index in [9.17, 15) is 10.1 Å². The molecule has 0 aromatic heterocycles. The van der Waals surface area contributed by atoms with E-state index < -0.39 is 4.92 Å². The molecule has 0 atom stereocenters. The Morgan fingerprint density at radius 3 is 2.62 bits per heavy atom. The van der Waals surface area contributed by atoms with Crippen molar-refractivity contribution in [2.24, 2.45) is 0 Å². The van der Waals surface area contributed by atoms with Crippen molar-refractivity contribution in [1.82, 2.24) is 0 Å². The Hall–Kier alpha value is -2.76. The van der Waals surface area contributed by atoms with Gasteiger partial charge in [-0.25, -0.2) is 0 Å². The zero-order chi connectivity index (χ0) is 15.4. The Kier molecular flexibility index (Phi) is 4.27. The Balaban J connectivity index is 2.22. The molecule has 6 heteroatoms. The summed E-state index contributed by atoms with van der Waals surface area (Å²) in [6.07, 6.45) is 0. The number of ether oxygens (including phenoxy) is 1. The first-order valence-electron chi connectivity index (χ1n) is 6.40. The minimum Gasteiger partial charge on any atom is -0.496 e. The number of nitro groups is 1. The number of hydrogen-bond donors (Lipinski definition) is 1. The fourth-order valence-corrected chi connectivity index (χ4v) is 2.13. The number of rotatable bonds is 5. The lowest BCUT2D eigenvalue weighted by atomic mass is 10.1. The van der Waals surface area contributed by atoms with Crippen molar-refractivity contribution in [2.45, 2.75) is 6.54 Å². The number of nitrogen functional groups attached to an aromatic ring is 1. The summed E-state index contributed by atoms with van der Waals surface area (Å²) in [5, 5.41) is 10.8. The summed E-state index contributed by atoms with van der Waals surface area (Å²) >= 11 is 0. The van der Waals surface area contributed by atoms with Crippen molar-refractivity contribution in [2.75, 3.05) is 24.8 Å². The molecule has 2 aromatic carbocycles. The van der Waals surface area contributed by atoms with Crippen molar-refractivity contribution >= 4 is 17.1 Å². The third kappa shape index (κ3) is 3.22. The van der Waals surface area contributed by atoms with Gasteiger partial charge in [-0.2, -0.15) is 0 Å². The van der Waals surface area contributed by atoms with Crippen LogP contribution in [0.4, 0.5) is 17.1 Å². The highest BCUT2D eigenvalue weighted by molar-refractivity contribution is 5.66. The van der Waals surface area contributed by atoms with Crippen molar-refractivity contribution in [3.63, 3.8) is 0 Å². The standard InChI is InChI=1S/C15H17N3O3/c1-17(10-11-5-3-4-6-15(11)21-2)12-7-8-14(18(19)20)13(16)9-12/h3-9H,10,16H2,1-2H3. The summed E-state index contributed by atoms with van der Waals surface area (Å²) in [6.45, 7) is 0.612. The minimum absolute atomic E-state index is 0.0792. The van der Waals surface area contributed by atoms with Crippen LogP contribution in [0.2, 0.25) is 0 Å². The molecule has 0 unspecified atom stereocenters. The maximum atomic E-state index is 10.8. The summed E-state index contributed by atoms with van der Waals surface area (Å²) in [7, 11) is 3.52. The summed E-state index contributed by atoms with van der Waals surface area (Å²) in [6, 6.07) is 12.4. The third-order valence-corrected chi connectivity index (χ3v) is 3.25. The summed E-state index contributed by atoms with van der Waals surface area (Å²) in [4.78, 5) is 12.2. The first-order chi connectivity index (χ1) is 10.0. The number of benzene rings is 2. The second kappa shape index (κ2) is 6.13. The average Bonchev–Trinajstić information content (AvgIpc) is 2.47. The van der Waals surface area contributed by atoms with E-state index in [1.165, 1.54) is 6.07 Å². The molecule has 0 heterocycles. The van der Waals surface area contributed by atoms with Gasteiger partial charge in [-0.3, -0.25) is 10.1 Å². The van der Waals surface area contributed by atoms with E-state index in [2.05, 4.69) is 0 Å². The first-order valence-corrected chi connectivity index (χ1v) is 6.40. The normalized spacial score (nSPS) is 10.2. The molecule has 0 spiro atoms. The molecule has 0 fully saturated rings. The summed E-state index contributed by atoms with van der Waals surface area (Å²) in [5.74, 6) is 0.805. The van der Waals surface area contributed by atoms with E-state index in [1.54, 1.807) is 19.2 Å². The molecule has 0 saturated carbocycles. The molecule has 0 radical (unpaired) electrons. The van der Waals surface area contributed by atoms with Gasteiger partial charge in [0.2, 0.25) is 0 Å². The maximum Gasteiger partial charge on any atom is 0.292 e. The van der Waals surface area contributed by atoms with Crippen LogP contribution in [0.1, 0.15) is 5.56 Å². The fourth-order valence-electron chi connectivity index (χ4n) is 2.13. The van der Waals surface area contributed by atoms with Gasteiger partial charge in [-0.1, -0.05) is 18.2 Å². The molecular weight excluding hydrogens is 270 g/mol. The van der Waals surface area contributed by atoms with Crippen molar-refractivity contribution in [3.05, 3.63) is 58.1 Å². The number of methoxy groups -OCH3 is 1. The smallest absolute Gasteiger partial charge is 0.292 e. The fraction of sp³-hybridized carbons (Fsp3) is 0.200. The van der Waals surface area contributed by atoms with Gasteiger partial charge in [0.25, 0.3) is 5.69 Å². The van der Waals surface area contributed by atoms with Crippen LogP contribution in [0.25, 0.3) is 0 Å². The number of nitro benzene ring substituents is 1. The van der Waals surface area contributed by atoms with E-state index in [0.29, 0.717) is 6.54 Å². The van der Waals surface area contributed by atoms with Crippen LogP contribution in [0, 0.1) is 10.1 Å². The van der Waals surface area contributed by atoms with Crippen LogP contribution in [0.15, 0.2) is 42.5 Å². The van der Waals surface area contributed by atoms with E-state index in [1.807, 2.05) is 36.2 Å². The van der Waals surface area contributed by atoms with Crippen molar-refractivity contribution < 1.29 is 9.66 Å². The molecule has 2 rings (SSSR count). The van der Waals surface area contributed by atoms with E-state index in [0.717, 1.165) is 17.0 Å². The predicted molar refractivity (Wildman–Crippen MR) is 82.6 cm³/mol. The predicted octanol–water partition coefficient (Wildman–Crippen LogP) is 2.82. The number of nitrogens with two attached hydrogens (primary N) is 1. The Morgan fingerprint density at radius 2 is 2.00 bits per heavy atom. The first kappa shape index (κ1) is 14.6. The second-order valence-electron chi connectivity index (χ2n) is 4.67. The van der Waals surface area contributed by atoms with E-state index in [4.69, 9.17) is 10.5 Å². The van der Waals surface area contributed by atoms with Gasteiger partial charge in [0.15, 0.2) is 0 Å². The lowest BCUT2D eigenvalue weighted by molar-refractivity contribution is -0.383. The van der Waals surface area contributed by atoms with E-state index >= 15 is 0 Å². The zero-order valence-corrected chi connectivity index (χ0v) is 11.9. The SMILES string of the molecule is COc1ccccc1CN(C)c1ccc([N+](=O)[O-])c(N)c1. The quantitative estimate of drug-likeness (QED) is 0.519. The molecule has 0 saturated heterocycles. The Labute approximate surface area is 122 Å². The molecule has 0 aliphatic rings. The minimum atomic E-state index is -0.487. The van der Waals surface area contributed by atoms with Gasteiger partial charge < -0.3 is 15.4 Å². The number of nitrogens with zero attached hydrogens (tertiary/aromatic N) is 2. The van der Waals surface area contributed by atoms with Crippen LogP contribution in [-0.2, 0) is 6.54 Å². The van der Waals surface area contributed by atoms with Gasteiger partial charge in [-0.15, -0.1) is 0 Å². The average molecular weight is 287 g/mol. The largest absolute Gasteiger partial charge is 0.496 e. The number of para-hydroxylation sites is 1. The number of hydrogen-bond acceptors (Lipinski definition) is 5. The molecule has 0 aliphatic heterocycles. The highest BCUT2D eigenvalue weighted by atomic mass is 16.6. The molecule has 0 bridgehead atoms. The van der Waals surface area contributed by atoms with Gasteiger partial charge in [-0.05, 0) is 18.2 Å². The monoisotopic (exact) mass is 287 g/mol.